The second kappa shape index (κ2) is 13.1. The normalized spacial score (nSPS) is 17.2. The van der Waals surface area contributed by atoms with Crippen molar-refractivity contribution < 1.29 is 17.4 Å². The molecule has 1 aliphatic carbocycles. The van der Waals surface area contributed by atoms with E-state index in [1.807, 2.05) is 3.88 Å². The van der Waals surface area contributed by atoms with Crippen LogP contribution in [-0.2, 0) is 17.4 Å². The summed E-state index contributed by atoms with van der Waals surface area (Å²) in [7, 11) is -0.247. The fourth-order valence-electron chi connectivity index (χ4n) is 4.60. The average Bonchev–Trinajstić information content (AvgIpc) is 2.90. The average molecular weight is 447 g/mol. The van der Waals surface area contributed by atoms with Gasteiger partial charge in [0.15, 0.2) is 0 Å². The van der Waals surface area contributed by atoms with Crippen molar-refractivity contribution in [2.24, 2.45) is 5.92 Å². The van der Waals surface area contributed by atoms with Crippen molar-refractivity contribution >= 4 is 12.6 Å². The quantitative estimate of drug-likeness (QED) is 0.280. The fourth-order valence-corrected chi connectivity index (χ4v) is 17.4. The Bertz CT molecular complexity index is 706. The first-order valence-electron chi connectivity index (χ1n) is 12.0. The van der Waals surface area contributed by atoms with Crippen LogP contribution in [0.1, 0.15) is 91.5 Å². The van der Waals surface area contributed by atoms with Gasteiger partial charge in [0, 0.05) is 0 Å². The van der Waals surface area contributed by atoms with Gasteiger partial charge >= 0.3 is 190 Å². The van der Waals surface area contributed by atoms with E-state index in [4.69, 9.17) is 0 Å². The molecule has 0 aliphatic heterocycles. The molecule has 1 N–H and O–H groups in total. The minimum absolute atomic E-state index is 0.247. The molecule has 1 aliphatic rings. The number of aryl methyl sites for hydroxylation is 1. The summed E-state index contributed by atoms with van der Waals surface area (Å²) >= 11 is -1.41. The van der Waals surface area contributed by atoms with Crippen LogP contribution >= 0.6 is 0 Å². The maximum atomic E-state index is 4.19. The van der Waals surface area contributed by atoms with Crippen LogP contribution in [0.5, 0.6) is 0 Å². The molecule has 0 saturated heterocycles. The number of unbranched alkanes of at least 4 members (excludes halogenated alkanes) is 7. The zero-order chi connectivity index (χ0) is 21.2. The van der Waals surface area contributed by atoms with Crippen molar-refractivity contribution in [1.82, 2.24) is 3.80 Å². The summed E-state index contributed by atoms with van der Waals surface area (Å²) in [6.07, 6.45) is 11.3. The Labute approximate surface area is 189 Å². The van der Waals surface area contributed by atoms with Crippen LogP contribution in [0.3, 0.4) is 0 Å². The molecule has 0 saturated carbocycles. The summed E-state index contributed by atoms with van der Waals surface area (Å²) in [5, 5.41) is 1.70. The Morgan fingerprint density at radius 1 is 0.862 bits per heavy atom. The molecule has 0 aromatic heterocycles. The van der Waals surface area contributed by atoms with Crippen molar-refractivity contribution in [3.8, 4) is 0 Å². The third-order valence-corrected chi connectivity index (χ3v) is 17.9. The van der Waals surface area contributed by atoms with E-state index >= 15 is 0 Å². The van der Waals surface area contributed by atoms with Crippen molar-refractivity contribution in [1.29, 1.82) is 0 Å². The standard InChI is InChI=1S/C10H22N.C9H13.C7H9Si.Ti/c1-2-3-4-5-6-7-8-9-10-11;1-6-5-7(2)9(4)8(6)3;1-6-4-2-3-5-7(6)8;/h11H,2-10H2,1H3;6H,1-4H3;2-5H,8H2,1H3;/q-1;;;+1. The molecule has 29 heavy (non-hydrogen) atoms. The van der Waals surface area contributed by atoms with Gasteiger partial charge in [-0.1, -0.05) is 0 Å². The minimum atomic E-state index is -1.41. The molecule has 0 spiro atoms. The molecule has 0 bridgehead atoms. The van der Waals surface area contributed by atoms with E-state index in [2.05, 4.69) is 69.6 Å². The molecule has 1 unspecified atom stereocenters. The van der Waals surface area contributed by atoms with Crippen LogP contribution < -0.4 is 8.99 Å². The van der Waals surface area contributed by atoms with Crippen LogP contribution in [0.15, 0.2) is 44.9 Å². The molecular weight excluding hydrogens is 402 g/mol. The van der Waals surface area contributed by atoms with E-state index < -0.39 is 17.4 Å². The van der Waals surface area contributed by atoms with Gasteiger partial charge in [-0.25, -0.2) is 0 Å². The number of hydrogen-bond acceptors (Lipinski definition) is 1. The van der Waals surface area contributed by atoms with Gasteiger partial charge in [0.2, 0.25) is 0 Å². The predicted molar refractivity (Wildman–Crippen MR) is 130 cm³/mol. The van der Waals surface area contributed by atoms with Crippen molar-refractivity contribution in [2.45, 2.75) is 92.9 Å². The maximum absolute atomic E-state index is 4.19. The molecule has 0 fully saturated rings. The molecule has 0 heterocycles. The summed E-state index contributed by atoms with van der Waals surface area (Å²) in [6.45, 7) is 15.4. The van der Waals surface area contributed by atoms with E-state index in [-0.39, 0.29) is 7.39 Å². The topological polar surface area (TPSA) is 12.0 Å². The Kier molecular flexibility index (Phi) is 11.2. The van der Waals surface area contributed by atoms with E-state index in [1.165, 1.54) is 63.5 Å². The summed E-state index contributed by atoms with van der Waals surface area (Å²) in [5.74, 6) is 0.674. The Balaban J connectivity index is 1.94. The third kappa shape index (κ3) is 7.35. The molecule has 1 aromatic rings. The van der Waals surface area contributed by atoms with E-state index in [0.717, 1.165) is 0 Å². The second-order valence-corrected chi connectivity index (χ2v) is 17.6. The molecule has 1 nitrogen and oxygen atoms in total. The first-order chi connectivity index (χ1) is 14.0. The van der Waals surface area contributed by atoms with Crippen LogP contribution in [0.2, 0.25) is 0 Å². The zero-order valence-electron chi connectivity index (χ0n) is 20.0. The summed E-state index contributed by atoms with van der Waals surface area (Å²) in [5.41, 5.74) is 6.35. The van der Waals surface area contributed by atoms with Gasteiger partial charge in [0.05, 0.1) is 0 Å². The van der Waals surface area contributed by atoms with Gasteiger partial charge in [-0.3, -0.25) is 0 Å². The van der Waals surface area contributed by atoms with Gasteiger partial charge in [-0.2, -0.15) is 0 Å². The number of nitrogens with one attached hydrogen (secondary N) is 1. The van der Waals surface area contributed by atoms with E-state index in [1.54, 1.807) is 21.9 Å². The number of benzene rings is 1. The van der Waals surface area contributed by atoms with Gasteiger partial charge in [-0.15, -0.1) is 0 Å². The van der Waals surface area contributed by atoms with Crippen LogP contribution in [-0.4, -0.2) is 13.9 Å². The predicted octanol–water partition coefficient (Wildman–Crippen LogP) is 6.23. The Hall–Kier alpha value is -0.409. The van der Waals surface area contributed by atoms with Crippen LogP contribution in [0.4, 0.5) is 0 Å². The Morgan fingerprint density at radius 3 is 2.07 bits per heavy atom. The summed E-state index contributed by atoms with van der Waals surface area (Å²) in [6, 6.07) is 9.16. The van der Waals surface area contributed by atoms with Crippen molar-refractivity contribution in [3.63, 3.8) is 0 Å². The first-order valence-corrected chi connectivity index (χ1v) is 18.3. The van der Waals surface area contributed by atoms with Crippen LogP contribution in [0.25, 0.3) is 0 Å². The number of rotatable bonds is 13. The number of allylic oxidation sites excluding steroid dienone is 4. The Morgan fingerprint density at radius 2 is 1.48 bits per heavy atom. The summed E-state index contributed by atoms with van der Waals surface area (Å²) in [4.78, 5) is 0. The fraction of sp³-hybridized carbons (Fsp3) is 0.615. The van der Waals surface area contributed by atoms with Crippen molar-refractivity contribution in [3.05, 3.63) is 50.4 Å². The SMILES string of the molecule is CCCCCCCCCC[NH][Ti]([SiH2]c1ccccc1C)[C]1=C(C)C(C)=C(C)C1C. The van der Waals surface area contributed by atoms with Crippen molar-refractivity contribution in [2.75, 3.05) is 6.54 Å². The van der Waals surface area contributed by atoms with Crippen LogP contribution in [0, 0.1) is 12.8 Å². The molecule has 3 heteroatoms. The van der Waals surface area contributed by atoms with Gasteiger partial charge in [0.1, 0.15) is 0 Å². The molecule has 161 valence electrons. The third-order valence-electron chi connectivity index (χ3n) is 6.96. The van der Waals surface area contributed by atoms with Gasteiger partial charge < -0.3 is 0 Å². The molecule has 1 aromatic carbocycles. The first kappa shape index (κ1) is 24.9. The molecule has 2 rings (SSSR count). The molecule has 0 amide bonds. The molecule has 0 radical (unpaired) electrons. The monoisotopic (exact) mass is 446 g/mol. The molecular formula is C26H44NSiTi. The van der Waals surface area contributed by atoms with E-state index in [0.29, 0.717) is 5.92 Å². The van der Waals surface area contributed by atoms with E-state index in [9.17, 15) is 0 Å². The van der Waals surface area contributed by atoms with Gasteiger partial charge in [-0.05, 0) is 0 Å². The summed E-state index contributed by atoms with van der Waals surface area (Å²) < 4.78 is 6.05. The molecule has 1 atom stereocenters. The second-order valence-electron chi connectivity index (χ2n) is 9.05. The van der Waals surface area contributed by atoms with Gasteiger partial charge in [0.25, 0.3) is 0 Å². The number of hydrogen-bond donors (Lipinski definition) is 1. The zero-order valence-corrected chi connectivity index (χ0v) is 22.9.